The molecule has 0 N–H and O–H groups in total. The highest BCUT2D eigenvalue weighted by Gasteiger charge is 2.38. The van der Waals surface area contributed by atoms with Crippen LogP contribution in [0.3, 0.4) is 0 Å². The highest BCUT2D eigenvalue weighted by molar-refractivity contribution is 5.75. The van der Waals surface area contributed by atoms with Gasteiger partial charge in [0.15, 0.2) is 0 Å². The topological polar surface area (TPSA) is 59.2 Å². The van der Waals surface area contributed by atoms with Crippen molar-refractivity contribution in [1.82, 2.24) is 10.2 Å². The van der Waals surface area contributed by atoms with E-state index in [-0.39, 0.29) is 18.1 Å². The van der Waals surface area contributed by atoms with Gasteiger partial charge >= 0.3 is 12.1 Å². The molecule has 0 radical (unpaired) electrons. The predicted octanol–water partition coefficient (Wildman–Crippen LogP) is 4.37. The lowest BCUT2D eigenvalue weighted by Crippen LogP contribution is -2.21. The maximum atomic E-state index is 14.1. The first kappa shape index (κ1) is 18.6. The number of benzene rings is 2. The highest BCUT2D eigenvalue weighted by Crippen LogP contribution is 2.30. The summed E-state index contributed by atoms with van der Waals surface area (Å²) in [5.74, 6) is -2.22. The van der Waals surface area contributed by atoms with Crippen LogP contribution < -0.4 is 4.90 Å². The van der Waals surface area contributed by atoms with Crippen LogP contribution in [-0.2, 0) is 17.5 Å². The van der Waals surface area contributed by atoms with Crippen molar-refractivity contribution in [1.29, 1.82) is 0 Å². The van der Waals surface area contributed by atoms with Gasteiger partial charge in [-0.25, -0.2) is 4.39 Å². The van der Waals surface area contributed by atoms with Crippen LogP contribution in [0.1, 0.15) is 17.0 Å². The summed E-state index contributed by atoms with van der Waals surface area (Å²) in [7, 11) is 0. The molecule has 0 unspecified atom stereocenters. The normalized spacial score (nSPS) is 11.4. The number of anilines is 1. The zero-order valence-electron chi connectivity index (χ0n) is 14.0. The van der Waals surface area contributed by atoms with Gasteiger partial charge < -0.3 is 9.32 Å². The number of halogens is 4. The van der Waals surface area contributed by atoms with E-state index in [0.29, 0.717) is 17.5 Å². The van der Waals surface area contributed by atoms with Crippen LogP contribution in [0.25, 0.3) is 11.5 Å². The molecule has 27 heavy (non-hydrogen) atoms. The molecule has 3 aromatic rings. The molecule has 1 heterocycles. The average Bonchev–Trinajstić information content (AvgIpc) is 3.11. The van der Waals surface area contributed by atoms with Crippen LogP contribution in [0.5, 0.6) is 0 Å². The highest BCUT2D eigenvalue weighted by atomic mass is 19.4. The Morgan fingerprint density at radius 1 is 1.11 bits per heavy atom. The lowest BCUT2D eigenvalue weighted by Gasteiger charge is -2.18. The summed E-state index contributed by atoms with van der Waals surface area (Å²) >= 11 is 0. The SMILES string of the molecule is Cc1ccc(N(C=O)Cc2ccc(-c3nnc(C(F)(F)F)o3)cc2)c(F)c1. The Kier molecular flexibility index (Phi) is 4.93. The molecule has 5 nitrogen and oxygen atoms in total. The number of aryl methyl sites for hydroxylation is 1. The molecule has 0 saturated carbocycles. The van der Waals surface area contributed by atoms with Crippen molar-refractivity contribution >= 4 is 12.1 Å². The van der Waals surface area contributed by atoms with Gasteiger partial charge in [0.1, 0.15) is 5.82 Å². The molecular weight excluding hydrogens is 366 g/mol. The van der Waals surface area contributed by atoms with Gasteiger partial charge in [0.25, 0.3) is 0 Å². The van der Waals surface area contributed by atoms with E-state index < -0.39 is 17.9 Å². The van der Waals surface area contributed by atoms with Gasteiger partial charge in [0.05, 0.1) is 12.2 Å². The second-order valence-corrected chi connectivity index (χ2v) is 5.80. The number of carbonyl (C=O) groups is 1. The molecule has 3 rings (SSSR count). The van der Waals surface area contributed by atoms with Gasteiger partial charge in [-0.1, -0.05) is 18.2 Å². The largest absolute Gasteiger partial charge is 0.470 e. The number of rotatable bonds is 5. The van der Waals surface area contributed by atoms with Crippen LogP contribution in [0.15, 0.2) is 46.9 Å². The van der Waals surface area contributed by atoms with Crippen LogP contribution >= 0.6 is 0 Å². The van der Waals surface area contributed by atoms with Crippen molar-refractivity contribution in [3.8, 4) is 11.5 Å². The molecule has 0 spiro atoms. The van der Waals surface area contributed by atoms with Crippen molar-refractivity contribution in [2.45, 2.75) is 19.6 Å². The number of hydrogen-bond acceptors (Lipinski definition) is 4. The first-order chi connectivity index (χ1) is 12.8. The second-order valence-electron chi connectivity index (χ2n) is 5.80. The number of carbonyl (C=O) groups excluding carboxylic acids is 1. The molecule has 140 valence electrons. The Morgan fingerprint density at radius 3 is 2.37 bits per heavy atom. The van der Waals surface area contributed by atoms with Gasteiger partial charge in [-0.05, 0) is 42.3 Å². The number of aromatic nitrogens is 2. The molecule has 0 aliphatic rings. The summed E-state index contributed by atoms with van der Waals surface area (Å²) in [4.78, 5) is 12.5. The van der Waals surface area contributed by atoms with E-state index in [4.69, 9.17) is 0 Å². The zero-order chi connectivity index (χ0) is 19.6. The summed E-state index contributed by atoms with van der Waals surface area (Å²) < 4.78 is 56.2. The van der Waals surface area contributed by atoms with E-state index in [2.05, 4.69) is 14.6 Å². The fourth-order valence-corrected chi connectivity index (χ4v) is 2.43. The summed E-state index contributed by atoms with van der Waals surface area (Å²) in [6.45, 7) is 1.82. The summed E-state index contributed by atoms with van der Waals surface area (Å²) in [6, 6.07) is 10.6. The molecule has 1 aromatic heterocycles. The van der Waals surface area contributed by atoms with E-state index in [9.17, 15) is 22.4 Å². The number of alkyl halides is 3. The van der Waals surface area contributed by atoms with E-state index in [1.807, 2.05) is 0 Å². The molecule has 1 amide bonds. The minimum Gasteiger partial charge on any atom is -0.413 e. The first-order valence-electron chi connectivity index (χ1n) is 7.76. The molecule has 0 atom stereocenters. The third-order valence-corrected chi connectivity index (χ3v) is 3.76. The van der Waals surface area contributed by atoms with Crippen molar-refractivity contribution in [3.05, 3.63) is 65.3 Å². The Morgan fingerprint density at radius 2 is 1.81 bits per heavy atom. The van der Waals surface area contributed by atoms with Crippen LogP contribution in [-0.4, -0.2) is 16.6 Å². The predicted molar refractivity (Wildman–Crippen MR) is 88.1 cm³/mol. The van der Waals surface area contributed by atoms with Gasteiger partial charge in [-0.15, -0.1) is 10.2 Å². The minimum absolute atomic E-state index is 0.0847. The Bertz CT molecular complexity index is 952. The van der Waals surface area contributed by atoms with Crippen molar-refractivity contribution in [2.75, 3.05) is 4.90 Å². The molecule has 0 aliphatic carbocycles. The lowest BCUT2D eigenvalue weighted by molar-refractivity contribution is -0.156. The van der Waals surface area contributed by atoms with Crippen molar-refractivity contribution in [3.63, 3.8) is 0 Å². The monoisotopic (exact) mass is 379 g/mol. The standard InChI is InChI=1S/C18H13F4N3O2/c1-11-2-7-15(14(19)8-11)25(10-26)9-12-3-5-13(6-4-12)16-23-24-17(27-16)18(20,21)22/h2-8,10H,9H2,1H3. The quantitative estimate of drug-likeness (QED) is 0.488. The van der Waals surface area contributed by atoms with Gasteiger partial charge in [-0.3, -0.25) is 4.79 Å². The molecule has 0 bridgehead atoms. The van der Waals surface area contributed by atoms with Gasteiger partial charge in [0.2, 0.25) is 12.3 Å². The molecule has 2 aromatic carbocycles. The van der Waals surface area contributed by atoms with Gasteiger partial charge in [0, 0.05) is 5.56 Å². The van der Waals surface area contributed by atoms with Crippen LogP contribution in [0.2, 0.25) is 0 Å². The van der Waals surface area contributed by atoms with E-state index >= 15 is 0 Å². The fourth-order valence-electron chi connectivity index (χ4n) is 2.43. The molecule has 9 heteroatoms. The second kappa shape index (κ2) is 7.18. The van der Waals surface area contributed by atoms with Crippen LogP contribution in [0, 0.1) is 12.7 Å². The maximum Gasteiger partial charge on any atom is 0.470 e. The smallest absolute Gasteiger partial charge is 0.413 e. The van der Waals surface area contributed by atoms with E-state index in [0.717, 1.165) is 5.56 Å². The van der Waals surface area contributed by atoms with Crippen molar-refractivity contribution in [2.24, 2.45) is 0 Å². The average molecular weight is 379 g/mol. The molecular formula is C18H13F4N3O2. The summed E-state index contributed by atoms with van der Waals surface area (Å²) in [5, 5.41) is 6.34. The zero-order valence-corrected chi connectivity index (χ0v) is 14.0. The fraction of sp³-hybridized carbons (Fsp3) is 0.167. The third kappa shape index (κ3) is 4.13. The number of nitrogens with zero attached hydrogens (tertiary/aromatic N) is 3. The van der Waals surface area contributed by atoms with Crippen LogP contribution in [0.4, 0.5) is 23.2 Å². The lowest BCUT2D eigenvalue weighted by atomic mass is 10.1. The van der Waals surface area contributed by atoms with E-state index in [1.165, 1.54) is 29.2 Å². The first-order valence-corrected chi connectivity index (χ1v) is 7.76. The Labute approximate surface area is 151 Å². The third-order valence-electron chi connectivity index (χ3n) is 3.76. The molecule has 0 fully saturated rings. The Hall–Kier alpha value is -3.23. The minimum atomic E-state index is -4.71. The van der Waals surface area contributed by atoms with Gasteiger partial charge in [-0.2, -0.15) is 13.2 Å². The maximum absolute atomic E-state index is 14.1. The number of amides is 1. The number of hydrogen-bond donors (Lipinski definition) is 0. The van der Waals surface area contributed by atoms with Crippen molar-refractivity contribution < 1.29 is 26.8 Å². The molecule has 0 aliphatic heterocycles. The summed E-state index contributed by atoms with van der Waals surface area (Å²) in [5.41, 5.74) is 1.79. The summed E-state index contributed by atoms with van der Waals surface area (Å²) in [6.07, 6.45) is -4.21. The molecule has 0 saturated heterocycles. The van der Waals surface area contributed by atoms with E-state index in [1.54, 1.807) is 25.1 Å². The Balaban J connectivity index is 1.78.